The summed E-state index contributed by atoms with van der Waals surface area (Å²) in [5.74, 6) is -1.30. The molecule has 0 unspecified atom stereocenters. The fourth-order valence-corrected chi connectivity index (χ4v) is 2.39. The molecule has 5 heteroatoms. The molecule has 112 valence electrons. The van der Waals surface area contributed by atoms with E-state index in [-0.39, 0.29) is 35.7 Å². The third-order valence-electron chi connectivity index (χ3n) is 3.51. The van der Waals surface area contributed by atoms with Crippen LogP contribution < -0.4 is 4.74 Å². The maximum absolute atomic E-state index is 12.2. The number of Topliss-reactive ketones (excluding diaryl/α,β-unsaturated/α-hetero) is 1. The van der Waals surface area contributed by atoms with Gasteiger partial charge in [0.2, 0.25) is 5.60 Å². The average Bonchev–Trinajstić information content (AvgIpc) is 2.39. The van der Waals surface area contributed by atoms with Crippen molar-refractivity contribution in [3.63, 3.8) is 0 Å². The van der Waals surface area contributed by atoms with Gasteiger partial charge in [-0.3, -0.25) is 4.79 Å². The van der Waals surface area contributed by atoms with E-state index < -0.39 is 11.6 Å². The van der Waals surface area contributed by atoms with Crippen molar-refractivity contribution in [1.29, 1.82) is 0 Å². The smallest absolute Gasteiger partial charge is 0.348 e. The summed E-state index contributed by atoms with van der Waals surface area (Å²) in [5, 5.41) is 18.9. The number of rotatable bonds is 4. The summed E-state index contributed by atoms with van der Waals surface area (Å²) in [6.07, 6.45) is 2.44. The number of hydrogen-bond donors (Lipinski definition) is 2. The molecule has 5 nitrogen and oxygen atoms in total. The summed E-state index contributed by atoms with van der Waals surface area (Å²) in [7, 11) is 0. The zero-order valence-electron chi connectivity index (χ0n) is 12.0. The number of carbonyl (C=O) groups excluding carboxylic acids is 1. The molecule has 1 aliphatic heterocycles. The van der Waals surface area contributed by atoms with Gasteiger partial charge in [-0.05, 0) is 38.5 Å². The number of carbonyl (C=O) groups is 2. The van der Waals surface area contributed by atoms with Gasteiger partial charge in [0, 0.05) is 6.42 Å². The van der Waals surface area contributed by atoms with Crippen LogP contribution in [-0.4, -0.2) is 27.6 Å². The van der Waals surface area contributed by atoms with E-state index in [1.165, 1.54) is 18.2 Å². The summed E-state index contributed by atoms with van der Waals surface area (Å²) in [6, 6.07) is 4.11. The highest BCUT2D eigenvalue weighted by Crippen LogP contribution is 2.37. The van der Waals surface area contributed by atoms with Crippen LogP contribution in [-0.2, 0) is 4.79 Å². The SMILES string of the molecule is CC(C)=CCC[C@@]1(C(=O)O)CC(=O)c2cc(O)ccc2O1. The van der Waals surface area contributed by atoms with Crippen molar-refractivity contribution in [3.05, 3.63) is 35.4 Å². The number of hydrogen-bond acceptors (Lipinski definition) is 4. The average molecular weight is 290 g/mol. The van der Waals surface area contributed by atoms with E-state index in [0.717, 1.165) is 5.57 Å². The first kappa shape index (κ1) is 15.1. The van der Waals surface area contributed by atoms with Crippen molar-refractivity contribution in [2.75, 3.05) is 0 Å². The molecule has 1 aromatic rings. The second kappa shape index (κ2) is 5.60. The van der Waals surface area contributed by atoms with Gasteiger partial charge in [0.05, 0.1) is 12.0 Å². The van der Waals surface area contributed by atoms with Crippen molar-refractivity contribution in [1.82, 2.24) is 0 Å². The van der Waals surface area contributed by atoms with Gasteiger partial charge < -0.3 is 14.9 Å². The normalized spacial score (nSPS) is 20.4. The van der Waals surface area contributed by atoms with E-state index in [1.807, 2.05) is 19.9 Å². The number of aliphatic carboxylic acids is 1. The molecule has 2 rings (SSSR count). The predicted molar refractivity (Wildman–Crippen MR) is 76.7 cm³/mol. The van der Waals surface area contributed by atoms with Gasteiger partial charge in [-0.2, -0.15) is 0 Å². The van der Waals surface area contributed by atoms with Gasteiger partial charge in [-0.25, -0.2) is 4.79 Å². The molecule has 0 saturated heterocycles. The van der Waals surface area contributed by atoms with E-state index in [2.05, 4.69) is 0 Å². The maximum Gasteiger partial charge on any atom is 0.348 e. The van der Waals surface area contributed by atoms with E-state index >= 15 is 0 Å². The van der Waals surface area contributed by atoms with Crippen LogP contribution in [0.4, 0.5) is 0 Å². The van der Waals surface area contributed by atoms with Crippen LogP contribution in [0.5, 0.6) is 11.5 Å². The van der Waals surface area contributed by atoms with E-state index in [4.69, 9.17) is 4.74 Å². The van der Waals surface area contributed by atoms with Crippen molar-refractivity contribution in [2.24, 2.45) is 0 Å². The van der Waals surface area contributed by atoms with E-state index in [0.29, 0.717) is 6.42 Å². The highest BCUT2D eigenvalue weighted by Gasteiger charge is 2.46. The second-order valence-corrected chi connectivity index (χ2v) is 5.50. The summed E-state index contributed by atoms with van der Waals surface area (Å²) in [4.78, 5) is 23.8. The lowest BCUT2D eigenvalue weighted by atomic mass is 9.86. The molecule has 1 heterocycles. The number of phenols is 1. The first-order valence-electron chi connectivity index (χ1n) is 6.76. The first-order chi connectivity index (χ1) is 9.84. The fraction of sp³-hybridized carbons (Fsp3) is 0.375. The zero-order chi connectivity index (χ0) is 15.6. The molecule has 0 aliphatic carbocycles. The molecule has 0 radical (unpaired) electrons. The molecule has 0 amide bonds. The summed E-state index contributed by atoms with van der Waals surface area (Å²) >= 11 is 0. The van der Waals surface area contributed by atoms with Gasteiger partial charge in [-0.1, -0.05) is 11.6 Å². The summed E-state index contributed by atoms with van der Waals surface area (Å²) in [6.45, 7) is 3.86. The molecule has 0 fully saturated rings. The Balaban J connectivity index is 2.33. The Hall–Kier alpha value is -2.30. The minimum Gasteiger partial charge on any atom is -0.508 e. The first-order valence-corrected chi connectivity index (χ1v) is 6.76. The van der Waals surface area contributed by atoms with Gasteiger partial charge in [0.25, 0.3) is 0 Å². The minimum atomic E-state index is -1.53. The Labute approximate surface area is 122 Å². The number of phenolic OH excluding ortho intramolecular Hbond substituents is 1. The third kappa shape index (κ3) is 3.07. The molecular formula is C16H18O5. The molecule has 21 heavy (non-hydrogen) atoms. The Morgan fingerprint density at radius 1 is 1.43 bits per heavy atom. The number of aromatic hydroxyl groups is 1. The van der Waals surface area contributed by atoms with Crippen LogP contribution in [0.25, 0.3) is 0 Å². The molecule has 2 N–H and O–H groups in total. The molecule has 0 bridgehead atoms. The number of carboxylic acid groups (broad SMARTS) is 1. The molecule has 1 aliphatic rings. The van der Waals surface area contributed by atoms with Crippen molar-refractivity contribution >= 4 is 11.8 Å². The minimum absolute atomic E-state index is 0.0435. The Kier molecular flexibility index (Phi) is 4.02. The van der Waals surface area contributed by atoms with Gasteiger partial charge in [0.15, 0.2) is 5.78 Å². The van der Waals surface area contributed by atoms with Gasteiger partial charge in [0.1, 0.15) is 11.5 Å². The van der Waals surface area contributed by atoms with Crippen molar-refractivity contribution < 1.29 is 24.5 Å². The number of ether oxygens (including phenoxy) is 1. The Morgan fingerprint density at radius 2 is 2.14 bits per heavy atom. The van der Waals surface area contributed by atoms with Crippen LogP contribution in [0.2, 0.25) is 0 Å². The molecule has 0 saturated carbocycles. The lowest BCUT2D eigenvalue weighted by Crippen LogP contribution is -2.49. The zero-order valence-corrected chi connectivity index (χ0v) is 12.0. The van der Waals surface area contributed by atoms with Crippen LogP contribution in [0.15, 0.2) is 29.8 Å². The Bertz CT molecular complexity index is 613. The van der Waals surface area contributed by atoms with Crippen LogP contribution in [0, 0.1) is 0 Å². The van der Waals surface area contributed by atoms with Gasteiger partial charge in [-0.15, -0.1) is 0 Å². The molecule has 0 aromatic heterocycles. The number of benzene rings is 1. The number of ketones is 1. The van der Waals surface area contributed by atoms with E-state index in [9.17, 15) is 19.8 Å². The maximum atomic E-state index is 12.2. The Morgan fingerprint density at radius 3 is 2.76 bits per heavy atom. The summed E-state index contributed by atoms with van der Waals surface area (Å²) in [5.41, 5.74) is -0.218. The second-order valence-electron chi connectivity index (χ2n) is 5.50. The summed E-state index contributed by atoms with van der Waals surface area (Å²) < 4.78 is 5.63. The fourth-order valence-electron chi connectivity index (χ4n) is 2.39. The molecule has 1 atom stereocenters. The largest absolute Gasteiger partial charge is 0.508 e. The topological polar surface area (TPSA) is 83.8 Å². The van der Waals surface area contributed by atoms with Crippen molar-refractivity contribution in [2.45, 2.75) is 38.7 Å². The number of fused-ring (bicyclic) bond motifs is 1. The van der Waals surface area contributed by atoms with Crippen molar-refractivity contribution in [3.8, 4) is 11.5 Å². The number of allylic oxidation sites excluding steroid dienone is 2. The van der Waals surface area contributed by atoms with Crippen LogP contribution >= 0.6 is 0 Å². The quantitative estimate of drug-likeness (QED) is 0.833. The lowest BCUT2D eigenvalue weighted by molar-refractivity contribution is -0.156. The molecule has 0 spiro atoms. The monoisotopic (exact) mass is 290 g/mol. The highest BCUT2D eigenvalue weighted by molar-refractivity contribution is 6.03. The molecular weight excluding hydrogens is 272 g/mol. The lowest BCUT2D eigenvalue weighted by Gasteiger charge is -2.34. The standard InChI is InChI=1S/C16H18O5/c1-10(2)4-3-7-16(15(19)20)9-13(18)12-8-11(17)5-6-14(12)21-16/h4-6,8,17H,3,7,9H2,1-2H3,(H,19,20)/t16-/m0/s1. The predicted octanol–water partition coefficient (Wildman–Crippen LogP) is 2.93. The van der Waals surface area contributed by atoms with E-state index in [1.54, 1.807) is 0 Å². The highest BCUT2D eigenvalue weighted by atomic mass is 16.5. The van der Waals surface area contributed by atoms with Crippen LogP contribution in [0.1, 0.15) is 43.5 Å². The van der Waals surface area contributed by atoms with Crippen LogP contribution in [0.3, 0.4) is 0 Å². The number of carboxylic acids is 1. The van der Waals surface area contributed by atoms with Gasteiger partial charge >= 0.3 is 5.97 Å². The molecule has 1 aromatic carbocycles. The third-order valence-corrected chi connectivity index (χ3v) is 3.51.